The molecule has 1 aliphatic heterocycles. The van der Waals surface area contributed by atoms with E-state index in [2.05, 4.69) is 9.71 Å². The lowest BCUT2D eigenvalue weighted by Crippen LogP contribution is -2.22. The van der Waals surface area contributed by atoms with Gasteiger partial charge in [0.15, 0.2) is 0 Å². The molecule has 0 fully saturated rings. The highest BCUT2D eigenvalue weighted by Crippen LogP contribution is 2.36. The van der Waals surface area contributed by atoms with Crippen LogP contribution in [0.4, 0.5) is 5.69 Å². The van der Waals surface area contributed by atoms with E-state index in [1.54, 1.807) is 0 Å². The largest absolute Gasteiger partial charge is 0.481 e. The molecule has 0 atom stereocenters. The van der Waals surface area contributed by atoms with Crippen LogP contribution in [0.15, 0.2) is 21.4 Å². The summed E-state index contributed by atoms with van der Waals surface area (Å²) in [5, 5.41) is 11.7. The molecule has 0 saturated carbocycles. The van der Waals surface area contributed by atoms with Crippen molar-refractivity contribution < 1.29 is 18.3 Å². The fourth-order valence-corrected chi connectivity index (χ4v) is 3.63. The monoisotopic (exact) mass is 336 g/mol. The Labute approximate surface area is 125 Å². The Kier molecular flexibility index (Phi) is 4.22. The zero-order valence-corrected chi connectivity index (χ0v) is 12.4. The second-order valence-corrected chi connectivity index (χ2v) is 6.56. The predicted molar refractivity (Wildman–Crippen MR) is 76.2 cm³/mol. The maximum absolute atomic E-state index is 12.0. The van der Waals surface area contributed by atoms with Crippen molar-refractivity contribution in [2.75, 3.05) is 5.32 Å². The summed E-state index contributed by atoms with van der Waals surface area (Å²) < 4.78 is 27.6. The number of aliphatic carboxylic acids is 1. The Morgan fingerprint density at radius 2 is 2.05 bits per heavy atom. The number of benzene rings is 1. The molecule has 0 aliphatic carbocycles. The number of carboxylic acid groups (broad SMARTS) is 1. The summed E-state index contributed by atoms with van der Waals surface area (Å²) >= 11 is 11.7. The van der Waals surface area contributed by atoms with Gasteiger partial charge in [-0.25, -0.2) is 0 Å². The average Bonchev–Trinajstić information content (AvgIpc) is 2.29. The van der Waals surface area contributed by atoms with Crippen LogP contribution < -0.4 is 5.32 Å². The predicted octanol–water partition coefficient (Wildman–Crippen LogP) is 2.76. The van der Waals surface area contributed by atoms with Gasteiger partial charge in [-0.3, -0.25) is 4.79 Å². The Hall–Kier alpha value is -1.31. The average molecular weight is 337 g/mol. The molecule has 0 radical (unpaired) electrons. The zero-order chi connectivity index (χ0) is 14.9. The van der Waals surface area contributed by atoms with Gasteiger partial charge in [-0.05, 0) is 18.6 Å². The molecule has 1 aromatic rings. The number of amidine groups is 1. The summed E-state index contributed by atoms with van der Waals surface area (Å²) in [6, 6.07) is 2.69. The summed E-state index contributed by atoms with van der Waals surface area (Å²) in [5.74, 6) is -0.780. The van der Waals surface area contributed by atoms with Crippen molar-refractivity contribution in [2.24, 2.45) is 4.40 Å². The van der Waals surface area contributed by atoms with E-state index >= 15 is 0 Å². The van der Waals surface area contributed by atoms with Gasteiger partial charge in [0, 0.05) is 17.9 Å². The van der Waals surface area contributed by atoms with Crippen LogP contribution in [0.5, 0.6) is 0 Å². The molecule has 0 spiro atoms. The number of nitrogens with zero attached hydrogens (tertiary/aromatic N) is 1. The molecule has 9 heteroatoms. The molecule has 2 rings (SSSR count). The number of hydrogen-bond donors (Lipinski definition) is 2. The fraction of sp³-hybridized carbons (Fsp3) is 0.273. The Balaban J connectivity index is 2.31. The van der Waals surface area contributed by atoms with Gasteiger partial charge in [-0.2, -0.15) is 8.42 Å². The Bertz CT molecular complexity index is 701. The molecule has 1 aromatic carbocycles. The van der Waals surface area contributed by atoms with Crippen LogP contribution in [0.25, 0.3) is 0 Å². The molecule has 6 nitrogen and oxygen atoms in total. The van der Waals surface area contributed by atoms with Crippen molar-refractivity contribution in [3.8, 4) is 0 Å². The number of hydrogen-bond acceptors (Lipinski definition) is 4. The summed E-state index contributed by atoms with van der Waals surface area (Å²) in [5.41, 5.74) is 0.219. The van der Waals surface area contributed by atoms with Crippen molar-refractivity contribution in [1.29, 1.82) is 0 Å². The zero-order valence-electron chi connectivity index (χ0n) is 10.1. The van der Waals surface area contributed by atoms with E-state index in [1.165, 1.54) is 12.1 Å². The first-order valence-electron chi connectivity index (χ1n) is 5.61. The molecule has 1 heterocycles. The van der Waals surface area contributed by atoms with Crippen molar-refractivity contribution in [3.63, 3.8) is 0 Å². The molecular formula is C11H10Cl2N2O4S. The van der Waals surface area contributed by atoms with Gasteiger partial charge in [0.1, 0.15) is 10.7 Å². The van der Waals surface area contributed by atoms with E-state index in [-0.39, 0.29) is 45.7 Å². The van der Waals surface area contributed by atoms with Gasteiger partial charge < -0.3 is 10.4 Å². The third-order valence-corrected chi connectivity index (χ3v) is 4.46. The number of carbonyl (C=O) groups is 1. The van der Waals surface area contributed by atoms with Gasteiger partial charge in [0.2, 0.25) is 0 Å². The molecule has 0 unspecified atom stereocenters. The number of halogens is 2. The SMILES string of the molecule is O=C(O)CCCC1=NS(=O)(=O)c2cc(Cl)cc(Cl)c2N1. The molecule has 0 bridgehead atoms. The fourth-order valence-electron chi connectivity index (χ4n) is 1.75. The van der Waals surface area contributed by atoms with Crippen molar-refractivity contribution in [1.82, 2.24) is 0 Å². The molecule has 2 N–H and O–H groups in total. The first kappa shape index (κ1) is 15.1. The van der Waals surface area contributed by atoms with Gasteiger partial charge >= 0.3 is 5.97 Å². The minimum absolute atomic E-state index is 0.0675. The second-order valence-electron chi connectivity index (χ2n) is 4.15. The maximum atomic E-state index is 12.0. The summed E-state index contributed by atoms with van der Waals surface area (Å²) in [6.45, 7) is 0. The number of carboxylic acids is 1. The quantitative estimate of drug-likeness (QED) is 0.881. The van der Waals surface area contributed by atoms with E-state index in [1.807, 2.05) is 0 Å². The summed E-state index contributed by atoms with van der Waals surface area (Å²) in [6.07, 6.45) is 0.406. The molecule has 0 saturated heterocycles. The number of fused-ring (bicyclic) bond motifs is 1. The topological polar surface area (TPSA) is 95.8 Å². The lowest BCUT2D eigenvalue weighted by atomic mass is 10.2. The molecular weight excluding hydrogens is 327 g/mol. The third-order valence-electron chi connectivity index (χ3n) is 2.60. The molecule has 1 aliphatic rings. The van der Waals surface area contributed by atoms with Gasteiger partial charge in [0.25, 0.3) is 10.0 Å². The normalized spacial score (nSPS) is 16.0. The minimum atomic E-state index is -3.88. The van der Waals surface area contributed by atoms with Gasteiger partial charge in [-0.15, -0.1) is 4.40 Å². The van der Waals surface area contributed by atoms with Gasteiger partial charge in [0.05, 0.1) is 10.7 Å². The third kappa shape index (κ3) is 3.23. The van der Waals surface area contributed by atoms with Crippen LogP contribution in [0.3, 0.4) is 0 Å². The number of nitrogens with one attached hydrogen (secondary N) is 1. The highest BCUT2D eigenvalue weighted by atomic mass is 35.5. The first-order chi connectivity index (χ1) is 9.29. The minimum Gasteiger partial charge on any atom is -0.481 e. The number of sulfonamides is 1. The lowest BCUT2D eigenvalue weighted by Gasteiger charge is -2.19. The maximum Gasteiger partial charge on any atom is 0.303 e. The lowest BCUT2D eigenvalue weighted by molar-refractivity contribution is -0.137. The van der Waals surface area contributed by atoms with Crippen LogP contribution in [0.2, 0.25) is 10.0 Å². The molecule has 0 amide bonds. The molecule has 20 heavy (non-hydrogen) atoms. The van der Waals surface area contributed by atoms with Crippen molar-refractivity contribution in [2.45, 2.75) is 24.2 Å². The van der Waals surface area contributed by atoms with E-state index in [0.29, 0.717) is 0 Å². The van der Waals surface area contributed by atoms with Crippen LogP contribution >= 0.6 is 23.2 Å². The standard InChI is InChI=1S/C11H10Cl2N2O4S/c12-6-4-7(13)11-8(5-6)20(18,19)15-9(14-11)2-1-3-10(16)17/h4-5H,1-3H2,(H,14,15)(H,16,17). The van der Waals surface area contributed by atoms with Crippen molar-refractivity contribution in [3.05, 3.63) is 22.2 Å². The molecule has 108 valence electrons. The van der Waals surface area contributed by atoms with Gasteiger partial charge in [-0.1, -0.05) is 23.2 Å². The number of anilines is 1. The van der Waals surface area contributed by atoms with E-state index < -0.39 is 16.0 Å². The van der Waals surface area contributed by atoms with E-state index in [9.17, 15) is 13.2 Å². The van der Waals surface area contributed by atoms with Crippen molar-refractivity contribution >= 4 is 50.7 Å². The van der Waals surface area contributed by atoms with Crippen LogP contribution in [-0.2, 0) is 14.8 Å². The Morgan fingerprint density at radius 3 is 2.70 bits per heavy atom. The smallest absolute Gasteiger partial charge is 0.303 e. The second kappa shape index (κ2) is 5.59. The van der Waals surface area contributed by atoms with Crippen LogP contribution in [0.1, 0.15) is 19.3 Å². The highest BCUT2D eigenvalue weighted by molar-refractivity contribution is 7.90. The first-order valence-corrected chi connectivity index (χ1v) is 7.81. The Morgan fingerprint density at radius 1 is 1.35 bits per heavy atom. The molecule has 0 aromatic heterocycles. The summed E-state index contributed by atoms with van der Waals surface area (Å²) in [4.78, 5) is 10.4. The van der Waals surface area contributed by atoms with E-state index in [4.69, 9.17) is 28.3 Å². The van der Waals surface area contributed by atoms with Crippen LogP contribution in [-0.4, -0.2) is 25.3 Å². The number of rotatable bonds is 4. The highest BCUT2D eigenvalue weighted by Gasteiger charge is 2.27. The summed E-state index contributed by atoms with van der Waals surface area (Å²) in [7, 11) is -3.88. The van der Waals surface area contributed by atoms with Crippen LogP contribution in [0, 0.1) is 0 Å². The van der Waals surface area contributed by atoms with E-state index in [0.717, 1.165) is 0 Å².